The first-order valence-corrected chi connectivity index (χ1v) is 7.19. The minimum absolute atomic E-state index is 0.188. The van der Waals surface area contributed by atoms with Gasteiger partial charge in [-0.2, -0.15) is 0 Å². The summed E-state index contributed by atoms with van der Waals surface area (Å²) in [5, 5.41) is 7.92. The molecule has 126 valence electrons. The quantitative estimate of drug-likeness (QED) is 0.787. The van der Waals surface area contributed by atoms with Gasteiger partial charge in [-0.1, -0.05) is 0 Å². The number of carbonyl (C=O) groups is 2. The van der Waals surface area contributed by atoms with Gasteiger partial charge in [-0.3, -0.25) is 4.79 Å². The zero-order chi connectivity index (χ0) is 17.5. The van der Waals surface area contributed by atoms with E-state index in [-0.39, 0.29) is 5.91 Å². The molecule has 0 spiro atoms. The molecule has 0 bridgehead atoms. The molecule has 0 aromatic heterocycles. The maximum Gasteiger partial charge on any atom is 0.323 e. The van der Waals surface area contributed by atoms with Crippen LogP contribution in [0.2, 0.25) is 0 Å². The van der Waals surface area contributed by atoms with Gasteiger partial charge in [0, 0.05) is 24.4 Å². The largest absolute Gasteiger partial charge is 0.497 e. The van der Waals surface area contributed by atoms with Crippen LogP contribution >= 0.6 is 0 Å². The Kier molecular flexibility index (Phi) is 5.62. The molecule has 2 aromatic carbocycles. The van der Waals surface area contributed by atoms with Crippen LogP contribution in [-0.4, -0.2) is 33.2 Å². The first-order chi connectivity index (χ1) is 11.6. The van der Waals surface area contributed by atoms with Crippen molar-refractivity contribution < 1.29 is 19.1 Å². The van der Waals surface area contributed by atoms with E-state index in [0.717, 1.165) is 0 Å². The summed E-state index contributed by atoms with van der Waals surface area (Å²) in [5.41, 5.74) is 1.55. The molecule has 0 aliphatic heterocycles. The first kappa shape index (κ1) is 17.1. The number of rotatable bonds is 5. The van der Waals surface area contributed by atoms with Crippen molar-refractivity contribution >= 4 is 23.3 Å². The van der Waals surface area contributed by atoms with Gasteiger partial charge in [0.05, 0.1) is 19.9 Å². The molecule has 0 aliphatic rings. The standard InChI is InChI=1S/C17H19N3O4/c1-18-16(21)11-4-6-12(7-5-11)19-17(22)20-14-10-13(23-2)8-9-15(14)24-3/h4-10H,1-3H3,(H,18,21)(H2,19,20,22). The van der Waals surface area contributed by atoms with Crippen molar-refractivity contribution in [3.63, 3.8) is 0 Å². The summed E-state index contributed by atoms with van der Waals surface area (Å²) >= 11 is 0. The van der Waals surface area contributed by atoms with Crippen LogP contribution in [0, 0.1) is 0 Å². The lowest BCUT2D eigenvalue weighted by Gasteiger charge is -2.12. The van der Waals surface area contributed by atoms with E-state index in [0.29, 0.717) is 28.4 Å². The number of urea groups is 1. The molecular weight excluding hydrogens is 310 g/mol. The van der Waals surface area contributed by atoms with Gasteiger partial charge in [-0.05, 0) is 36.4 Å². The second-order valence-corrected chi connectivity index (χ2v) is 4.80. The van der Waals surface area contributed by atoms with Crippen molar-refractivity contribution in [1.82, 2.24) is 5.32 Å². The molecule has 3 amide bonds. The van der Waals surface area contributed by atoms with E-state index in [1.807, 2.05) is 0 Å². The van der Waals surface area contributed by atoms with E-state index >= 15 is 0 Å². The molecule has 7 nitrogen and oxygen atoms in total. The number of hydrogen-bond donors (Lipinski definition) is 3. The summed E-state index contributed by atoms with van der Waals surface area (Å²) in [6.45, 7) is 0. The van der Waals surface area contributed by atoms with Crippen LogP contribution in [0.3, 0.4) is 0 Å². The molecule has 3 N–H and O–H groups in total. The van der Waals surface area contributed by atoms with E-state index in [1.54, 1.807) is 56.6 Å². The normalized spacial score (nSPS) is 9.79. The van der Waals surface area contributed by atoms with Crippen molar-refractivity contribution in [3.8, 4) is 11.5 Å². The minimum Gasteiger partial charge on any atom is -0.497 e. The highest BCUT2D eigenvalue weighted by atomic mass is 16.5. The molecule has 24 heavy (non-hydrogen) atoms. The molecule has 0 saturated carbocycles. The van der Waals surface area contributed by atoms with E-state index in [9.17, 15) is 9.59 Å². The van der Waals surface area contributed by atoms with Gasteiger partial charge in [-0.15, -0.1) is 0 Å². The fourth-order valence-electron chi connectivity index (χ4n) is 2.05. The van der Waals surface area contributed by atoms with Crippen molar-refractivity contribution in [2.45, 2.75) is 0 Å². The van der Waals surface area contributed by atoms with Crippen molar-refractivity contribution in [3.05, 3.63) is 48.0 Å². The Balaban J connectivity index is 2.07. The van der Waals surface area contributed by atoms with Gasteiger partial charge in [0.1, 0.15) is 11.5 Å². The highest BCUT2D eigenvalue weighted by Gasteiger charge is 2.10. The summed E-state index contributed by atoms with van der Waals surface area (Å²) in [6, 6.07) is 11.2. The Labute approximate surface area is 140 Å². The fourth-order valence-corrected chi connectivity index (χ4v) is 2.05. The lowest BCUT2D eigenvalue weighted by molar-refractivity contribution is 0.0963. The Bertz CT molecular complexity index is 729. The Morgan fingerprint density at radius 3 is 2.21 bits per heavy atom. The second kappa shape index (κ2) is 7.87. The number of amides is 3. The van der Waals surface area contributed by atoms with Crippen LogP contribution in [0.4, 0.5) is 16.2 Å². The molecule has 2 rings (SSSR count). The smallest absolute Gasteiger partial charge is 0.323 e. The summed E-state index contributed by atoms with van der Waals surface area (Å²) in [5.74, 6) is 0.925. The zero-order valence-corrected chi connectivity index (χ0v) is 13.7. The number of methoxy groups -OCH3 is 2. The number of benzene rings is 2. The van der Waals surface area contributed by atoms with Gasteiger partial charge in [0.15, 0.2) is 0 Å². The number of carbonyl (C=O) groups excluding carboxylic acids is 2. The molecule has 0 atom stereocenters. The Hall–Kier alpha value is -3.22. The van der Waals surface area contributed by atoms with Gasteiger partial charge < -0.3 is 25.4 Å². The SMILES string of the molecule is CNC(=O)c1ccc(NC(=O)Nc2cc(OC)ccc2OC)cc1. The lowest BCUT2D eigenvalue weighted by atomic mass is 10.2. The van der Waals surface area contributed by atoms with E-state index in [4.69, 9.17) is 9.47 Å². The summed E-state index contributed by atoms with van der Waals surface area (Å²) in [4.78, 5) is 23.6. The monoisotopic (exact) mass is 329 g/mol. The van der Waals surface area contributed by atoms with Crippen molar-refractivity contribution in [2.75, 3.05) is 31.9 Å². The number of hydrogen-bond acceptors (Lipinski definition) is 4. The van der Waals surface area contributed by atoms with Crippen LogP contribution in [0.1, 0.15) is 10.4 Å². The zero-order valence-electron chi connectivity index (χ0n) is 13.7. The van der Waals surface area contributed by atoms with Crippen molar-refractivity contribution in [2.24, 2.45) is 0 Å². The van der Waals surface area contributed by atoms with Crippen LogP contribution in [0.15, 0.2) is 42.5 Å². The molecule has 2 aromatic rings. The van der Waals surface area contributed by atoms with Crippen LogP contribution in [-0.2, 0) is 0 Å². The van der Waals surface area contributed by atoms with E-state index in [1.165, 1.54) is 7.11 Å². The Morgan fingerprint density at radius 2 is 1.62 bits per heavy atom. The lowest BCUT2D eigenvalue weighted by Crippen LogP contribution is -2.20. The number of ether oxygens (including phenoxy) is 2. The van der Waals surface area contributed by atoms with Gasteiger partial charge >= 0.3 is 6.03 Å². The predicted molar refractivity (Wildman–Crippen MR) is 92.0 cm³/mol. The average molecular weight is 329 g/mol. The summed E-state index contributed by atoms with van der Waals surface area (Å²) < 4.78 is 10.3. The number of nitrogens with one attached hydrogen (secondary N) is 3. The highest BCUT2D eigenvalue weighted by Crippen LogP contribution is 2.29. The third kappa shape index (κ3) is 4.16. The summed E-state index contributed by atoms with van der Waals surface area (Å²) in [6.07, 6.45) is 0. The maximum absolute atomic E-state index is 12.1. The molecule has 0 unspecified atom stereocenters. The third-order valence-corrected chi connectivity index (χ3v) is 3.29. The number of anilines is 2. The molecule has 0 fully saturated rings. The fraction of sp³-hybridized carbons (Fsp3) is 0.176. The van der Waals surface area contributed by atoms with Crippen molar-refractivity contribution in [1.29, 1.82) is 0 Å². The third-order valence-electron chi connectivity index (χ3n) is 3.29. The molecular formula is C17H19N3O4. The Morgan fingerprint density at radius 1 is 0.917 bits per heavy atom. The molecule has 7 heteroatoms. The van der Waals surface area contributed by atoms with E-state index in [2.05, 4.69) is 16.0 Å². The highest BCUT2D eigenvalue weighted by molar-refractivity contribution is 6.01. The predicted octanol–water partition coefficient (Wildman–Crippen LogP) is 2.71. The van der Waals surface area contributed by atoms with Crippen LogP contribution in [0.25, 0.3) is 0 Å². The summed E-state index contributed by atoms with van der Waals surface area (Å²) in [7, 11) is 4.62. The molecule has 0 radical (unpaired) electrons. The van der Waals surface area contributed by atoms with Crippen LogP contribution < -0.4 is 25.4 Å². The molecule has 0 heterocycles. The van der Waals surface area contributed by atoms with Gasteiger partial charge in [0.25, 0.3) is 5.91 Å². The first-order valence-electron chi connectivity index (χ1n) is 7.19. The van der Waals surface area contributed by atoms with Gasteiger partial charge in [-0.25, -0.2) is 4.79 Å². The topological polar surface area (TPSA) is 88.7 Å². The van der Waals surface area contributed by atoms with Crippen LogP contribution in [0.5, 0.6) is 11.5 Å². The van der Waals surface area contributed by atoms with Gasteiger partial charge in [0.2, 0.25) is 0 Å². The maximum atomic E-state index is 12.1. The average Bonchev–Trinajstić information content (AvgIpc) is 2.61. The second-order valence-electron chi connectivity index (χ2n) is 4.80. The van der Waals surface area contributed by atoms with E-state index < -0.39 is 6.03 Å². The minimum atomic E-state index is -0.436. The molecule has 0 saturated heterocycles. The molecule has 0 aliphatic carbocycles.